The molecule has 1 aliphatic rings. The molecule has 1 amide bonds. The van der Waals surface area contributed by atoms with Gasteiger partial charge in [0.1, 0.15) is 11.0 Å². The molecule has 3 rings (SSSR count). The molecular weight excluding hydrogens is 380 g/mol. The first-order valence-electron chi connectivity index (χ1n) is 9.37. The van der Waals surface area contributed by atoms with Crippen molar-refractivity contribution in [3.05, 3.63) is 46.6 Å². The van der Waals surface area contributed by atoms with Gasteiger partial charge in [-0.2, -0.15) is 0 Å². The molecule has 27 heavy (non-hydrogen) atoms. The van der Waals surface area contributed by atoms with Gasteiger partial charge in [-0.1, -0.05) is 42.4 Å². The summed E-state index contributed by atoms with van der Waals surface area (Å²) in [6.07, 6.45) is 3.31. The van der Waals surface area contributed by atoms with Crippen molar-refractivity contribution in [1.82, 2.24) is 15.3 Å². The lowest BCUT2D eigenvalue weighted by atomic mass is 10.1. The Morgan fingerprint density at radius 3 is 2.63 bits per heavy atom. The molecule has 0 unspecified atom stereocenters. The van der Waals surface area contributed by atoms with E-state index in [9.17, 15) is 4.79 Å². The number of amides is 1. The lowest BCUT2D eigenvalue weighted by Crippen LogP contribution is -2.31. The van der Waals surface area contributed by atoms with Crippen molar-refractivity contribution in [3.63, 3.8) is 0 Å². The minimum Gasteiger partial charge on any atom is -0.356 e. The van der Waals surface area contributed by atoms with E-state index in [2.05, 4.69) is 27.1 Å². The molecular formula is C20H25ClN4OS. The molecule has 1 atom stereocenters. The van der Waals surface area contributed by atoms with Crippen LogP contribution in [0.25, 0.3) is 0 Å². The van der Waals surface area contributed by atoms with E-state index in [1.807, 2.05) is 37.3 Å². The third kappa shape index (κ3) is 5.59. The summed E-state index contributed by atoms with van der Waals surface area (Å²) in [4.78, 5) is 23.4. The molecule has 7 heteroatoms. The number of halogens is 1. The van der Waals surface area contributed by atoms with Gasteiger partial charge in [-0.3, -0.25) is 4.79 Å². The van der Waals surface area contributed by atoms with E-state index in [4.69, 9.17) is 11.6 Å². The molecule has 0 saturated carbocycles. The molecule has 5 nitrogen and oxygen atoms in total. The number of carbonyl (C=O) groups is 1. The maximum Gasteiger partial charge on any atom is 0.251 e. The minimum absolute atomic E-state index is 0.0306. The fraction of sp³-hybridized carbons (Fsp3) is 0.450. The van der Waals surface area contributed by atoms with Crippen LogP contribution in [-0.2, 0) is 5.75 Å². The van der Waals surface area contributed by atoms with E-state index in [1.165, 1.54) is 12.8 Å². The van der Waals surface area contributed by atoms with Gasteiger partial charge in [0.05, 0.1) is 0 Å². The van der Waals surface area contributed by atoms with E-state index in [-0.39, 0.29) is 11.9 Å². The summed E-state index contributed by atoms with van der Waals surface area (Å²) in [5, 5.41) is 4.14. The maximum atomic E-state index is 12.1. The second kappa shape index (κ2) is 9.42. The fourth-order valence-electron chi connectivity index (χ4n) is 2.87. The fourth-order valence-corrected chi connectivity index (χ4v) is 3.90. The zero-order valence-electron chi connectivity index (χ0n) is 15.7. The van der Waals surface area contributed by atoms with Gasteiger partial charge in [0, 0.05) is 36.5 Å². The van der Waals surface area contributed by atoms with Crippen LogP contribution >= 0.6 is 23.4 Å². The van der Waals surface area contributed by atoms with Crippen LogP contribution in [0.4, 0.5) is 5.82 Å². The predicted octanol–water partition coefficient (Wildman–Crippen LogP) is 4.55. The molecule has 1 saturated heterocycles. The van der Waals surface area contributed by atoms with Crippen LogP contribution < -0.4 is 10.2 Å². The highest BCUT2D eigenvalue weighted by Crippen LogP contribution is 2.26. The molecule has 0 spiro atoms. The number of nitrogens with zero attached hydrogens (tertiary/aromatic N) is 3. The highest BCUT2D eigenvalue weighted by Gasteiger charge is 2.16. The number of hydrogen-bond acceptors (Lipinski definition) is 5. The van der Waals surface area contributed by atoms with Crippen molar-refractivity contribution in [3.8, 4) is 0 Å². The molecule has 0 radical (unpaired) electrons. The van der Waals surface area contributed by atoms with Crippen molar-refractivity contribution in [2.45, 2.75) is 50.1 Å². The van der Waals surface area contributed by atoms with Crippen molar-refractivity contribution in [1.29, 1.82) is 0 Å². The first kappa shape index (κ1) is 20.0. The number of thioether (sulfide) groups is 1. The molecule has 144 valence electrons. The summed E-state index contributed by atoms with van der Waals surface area (Å²) in [7, 11) is 0. The molecule has 1 aromatic heterocycles. The third-order valence-electron chi connectivity index (χ3n) is 4.66. The highest BCUT2D eigenvalue weighted by atomic mass is 35.5. The van der Waals surface area contributed by atoms with Crippen LogP contribution in [0.1, 0.15) is 49.0 Å². The molecule has 0 aliphatic carbocycles. The van der Waals surface area contributed by atoms with Gasteiger partial charge in [0.15, 0.2) is 5.16 Å². The van der Waals surface area contributed by atoms with Crippen LogP contribution in [0.5, 0.6) is 0 Å². The molecule has 1 N–H and O–H groups in total. The summed E-state index contributed by atoms with van der Waals surface area (Å²) in [5.74, 6) is 1.61. The van der Waals surface area contributed by atoms with Crippen molar-refractivity contribution >= 4 is 35.1 Å². The second-order valence-electron chi connectivity index (χ2n) is 6.79. The molecule has 1 aliphatic heterocycles. The van der Waals surface area contributed by atoms with Gasteiger partial charge < -0.3 is 10.2 Å². The predicted molar refractivity (Wildman–Crippen MR) is 112 cm³/mol. The Balaban J connectivity index is 1.60. The summed E-state index contributed by atoms with van der Waals surface area (Å²) in [5.41, 5.74) is 1.80. The molecule has 2 heterocycles. The molecule has 2 aromatic rings. The quantitative estimate of drug-likeness (QED) is 0.416. The van der Waals surface area contributed by atoms with Crippen LogP contribution in [0.3, 0.4) is 0 Å². The minimum atomic E-state index is -0.0306. The number of aromatic nitrogens is 2. The van der Waals surface area contributed by atoms with Gasteiger partial charge in [0.2, 0.25) is 0 Å². The number of carbonyl (C=O) groups excluding carboxylic acids is 1. The topological polar surface area (TPSA) is 58.1 Å². The number of hydrogen-bond donors (Lipinski definition) is 1. The van der Waals surface area contributed by atoms with E-state index >= 15 is 0 Å². The largest absolute Gasteiger partial charge is 0.356 e. The maximum absolute atomic E-state index is 12.1. The van der Waals surface area contributed by atoms with Crippen LogP contribution in [0.15, 0.2) is 35.5 Å². The number of rotatable bonds is 7. The lowest BCUT2D eigenvalue weighted by Gasteiger charge is -2.16. The van der Waals surface area contributed by atoms with Crippen LogP contribution in [0.2, 0.25) is 5.15 Å². The van der Waals surface area contributed by atoms with Crippen LogP contribution in [-0.4, -0.2) is 35.0 Å². The van der Waals surface area contributed by atoms with E-state index in [1.54, 1.807) is 11.8 Å². The third-order valence-corrected chi connectivity index (χ3v) is 5.78. The SMILES string of the molecule is CC[C@H](C)NC(=O)c1ccc(CSc2nc(Cl)cc(N3CCCC3)n2)cc1. The summed E-state index contributed by atoms with van der Waals surface area (Å²) < 4.78 is 0. The van der Waals surface area contributed by atoms with E-state index in [0.29, 0.717) is 15.9 Å². The number of nitrogens with one attached hydrogen (secondary N) is 1. The summed E-state index contributed by atoms with van der Waals surface area (Å²) in [6.45, 7) is 6.11. The van der Waals surface area contributed by atoms with Crippen LogP contribution in [0, 0.1) is 0 Å². The zero-order chi connectivity index (χ0) is 19.2. The first-order valence-corrected chi connectivity index (χ1v) is 10.7. The van der Waals surface area contributed by atoms with Crippen molar-refractivity contribution in [2.24, 2.45) is 0 Å². The Labute approximate surface area is 169 Å². The smallest absolute Gasteiger partial charge is 0.251 e. The van der Waals surface area contributed by atoms with Gasteiger partial charge in [0.25, 0.3) is 5.91 Å². The first-order chi connectivity index (χ1) is 13.0. The summed E-state index contributed by atoms with van der Waals surface area (Å²) in [6, 6.07) is 9.69. The standard InChI is InChI=1S/C20H25ClN4OS/c1-3-14(2)22-19(26)16-8-6-15(7-9-16)13-27-20-23-17(21)12-18(24-20)25-10-4-5-11-25/h6-9,12,14H,3-5,10-11,13H2,1-2H3,(H,22,26)/t14-/m0/s1. The molecule has 1 aromatic carbocycles. The number of benzene rings is 1. The van der Waals surface area contributed by atoms with Gasteiger partial charge in [-0.15, -0.1) is 0 Å². The average molecular weight is 405 g/mol. The van der Waals surface area contributed by atoms with E-state index < -0.39 is 0 Å². The van der Waals surface area contributed by atoms with Gasteiger partial charge >= 0.3 is 0 Å². The lowest BCUT2D eigenvalue weighted by molar-refractivity contribution is 0.0939. The Morgan fingerprint density at radius 2 is 1.96 bits per heavy atom. The Kier molecular flexibility index (Phi) is 6.96. The molecule has 0 bridgehead atoms. The Bertz CT molecular complexity index is 778. The normalized spacial score (nSPS) is 15.0. The molecule has 1 fully saturated rings. The average Bonchev–Trinajstić information content (AvgIpc) is 3.21. The van der Waals surface area contributed by atoms with Crippen molar-refractivity contribution in [2.75, 3.05) is 18.0 Å². The Morgan fingerprint density at radius 1 is 1.26 bits per heavy atom. The second-order valence-corrected chi connectivity index (χ2v) is 8.12. The summed E-state index contributed by atoms with van der Waals surface area (Å²) >= 11 is 7.74. The van der Waals surface area contributed by atoms with Crippen molar-refractivity contribution < 1.29 is 4.79 Å². The van der Waals surface area contributed by atoms with Gasteiger partial charge in [-0.25, -0.2) is 9.97 Å². The monoisotopic (exact) mass is 404 g/mol. The van der Waals surface area contributed by atoms with E-state index in [0.717, 1.165) is 36.6 Å². The van der Waals surface area contributed by atoms with Gasteiger partial charge in [-0.05, 0) is 43.9 Å². The highest BCUT2D eigenvalue weighted by molar-refractivity contribution is 7.98. The number of anilines is 1. The Hall–Kier alpha value is -1.79. The zero-order valence-corrected chi connectivity index (χ0v) is 17.3.